The Hall–Kier alpha value is -1.64. The van der Waals surface area contributed by atoms with Gasteiger partial charge in [-0.2, -0.15) is 0 Å². The summed E-state index contributed by atoms with van der Waals surface area (Å²) < 4.78 is 0. The average Bonchev–Trinajstić information content (AvgIpc) is 2.21. The highest BCUT2D eigenvalue weighted by molar-refractivity contribution is 5.38. The Morgan fingerprint density at radius 1 is 1.17 bits per heavy atom. The van der Waals surface area contributed by atoms with Crippen LogP contribution in [-0.2, 0) is 0 Å². The first kappa shape index (κ1) is 7.03. The molecule has 0 fully saturated rings. The van der Waals surface area contributed by atoms with Gasteiger partial charge in [-0.05, 0) is 12.1 Å². The van der Waals surface area contributed by atoms with E-state index in [1.807, 2.05) is 29.3 Å². The number of hydrogen-bond donors (Lipinski definition) is 0. The third-order valence-electron chi connectivity index (χ3n) is 1.62. The molecule has 2 heterocycles. The van der Waals surface area contributed by atoms with Crippen molar-refractivity contribution in [2.75, 3.05) is 11.4 Å². The van der Waals surface area contributed by atoms with Crippen molar-refractivity contribution < 1.29 is 0 Å². The minimum Gasteiger partial charge on any atom is -0.313 e. The van der Waals surface area contributed by atoms with Gasteiger partial charge in [0.25, 0.3) is 0 Å². The molecule has 1 aromatic heterocycles. The van der Waals surface area contributed by atoms with Gasteiger partial charge in [-0.15, -0.1) is 0 Å². The van der Waals surface area contributed by atoms with Gasteiger partial charge in [0.15, 0.2) is 0 Å². The van der Waals surface area contributed by atoms with E-state index >= 15 is 0 Å². The molecule has 12 heavy (non-hydrogen) atoms. The summed E-state index contributed by atoms with van der Waals surface area (Å²) in [5.74, 6) is 0.748. The molecule has 0 radical (unpaired) electrons. The van der Waals surface area contributed by atoms with Gasteiger partial charge in [-0.3, -0.25) is 0 Å². The lowest BCUT2D eigenvalue weighted by Gasteiger charge is -2.17. The zero-order valence-corrected chi connectivity index (χ0v) is 6.59. The first-order chi connectivity index (χ1) is 5.97. The smallest absolute Gasteiger partial charge is 0.229 e. The summed E-state index contributed by atoms with van der Waals surface area (Å²) in [6.45, 7) is 0.848. The molecule has 0 bridgehead atoms. The maximum atomic E-state index is 4.13. The van der Waals surface area contributed by atoms with Crippen molar-refractivity contribution >= 4 is 5.95 Å². The molecule has 0 N–H and O–H groups in total. The fourth-order valence-electron chi connectivity index (χ4n) is 1.06. The van der Waals surface area contributed by atoms with Crippen LogP contribution in [0.15, 0.2) is 42.9 Å². The van der Waals surface area contributed by atoms with Gasteiger partial charge < -0.3 is 4.90 Å². The lowest BCUT2D eigenvalue weighted by Crippen LogP contribution is -2.19. The highest BCUT2D eigenvalue weighted by Gasteiger charge is 2.03. The van der Waals surface area contributed by atoms with Gasteiger partial charge in [0, 0.05) is 25.1 Å². The highest BCUT2D eigenvalue weighted by atomic mass is 15.2. The lowest BCUT2D eigenvalue weighted by atomic mass is 10.4. The van der Waals surface area contributed by atoms with Gasteiger partial charge >= 0.3 is 0 Å². The van der Waals surface area contributed by atoms with Crippen LogP contribution >= 0.6 is 0 Å². The molecule has 0 saturated heterocycles. The molecular weight excluding hydrogens is 150 g/mol. The topological polar surface area (TPSA) is 29.0 Å². The van der Waals surface area contributed by atoms with Crippen molar-refractivity contribution in [1.29, 1.82) is 0 Å². The summed E-state index contributed by atoms with van der Waals surface area (Å²) in [6, 6.07) is 1.81. The fraction of sp³-hybridized carbons (Fsp3) is 0.111. The van der Waals surface area contributed by atoms with Crippen molar-refractivity contribution in [1.82, 2.24) is 9.97 Å². The van der Waals surface area contributed by atoms with Crippen LogP contribution in [0.5, 0.6) is 0 Å². The number of rotatable bonds is 1. The Morgan fingerprint density at radius 3 is 2.67 bits per heavy atom. The fourth-order valence-corrected chi connectivity index (χ4v) is 1.06. The Morgan fingerprint density at radius 2 is 2.00 bits per heavy atom. The van der Waals surface area contributed by atoms with Crippen LogP contribution in [-0.4, -0.2) is 16.5 Å². The average molecular weight is 159 g/mol. The van der Waals surface area contributed by atoms with E-state index in [9.17, 15) is 0 Å². The highest BCUT2D eigenvalue weighted by Crippen LogP contribution is 2.07. The Balaban J connectivity index is 2.21. The second kappa shape index (κ2) is 3.17. The Bertz CT molecular complexity index is 303. The van der Waals surface area contributed by atoms with Gasteiger partial charge in [0.2, 0.25) is 5.95 Å². The molecule has 1 aromatic rings. The molecule has 3 heteroatoms. The SMILES string of the molecule is C1=CCN(c2ncccn2)C=C1. The third-order valence-corrected chi connectivity index (χ3v) is 1.62. The van der Waals surface area contributed by atoms with Crippen molar-refractivity contribution in [3.05, 3.63) is 42.9 Å². The molecule has 2 rings (SSSR count). The quantitative estimate of drug-likeness (QED) is 0.619. The normalized spacial score (nSPS) is 15.2. The van der Waals surface area contributed by atoms with Crippen LogP contribution in [0.1, 0.15) is 0 Å². The zero-order valence-electron chi connectivity index (χ0n) is 6.59. The second-order valence-corrected chi connectivity index (χ2v) is 2.47. The van der Waals surface area contributed by atoms with E-state index in [4.69, 9.17) is 0 Å². The third kappa shape index (κ3) is 1.34. The number of nitrogens with zero attached hydrogens (tertiary/aromatic N) is 3. The van der Waals surface area contributed by atoms with Crippen molar-refractivity contribution in [3.63, 3.8) is 0 Å². The summed E-state index contributed by atoms with van der Waals surface area (Å²) in [5.41, 5.74) is 0. The number of aromatic nitrogens is 2. The molecule has 60 valence electrons. The molecule has 1 aliphatic rings. The first-order valence-electron chi connectivity index (χ1n) is 3.84. The van der Waals surface area contributed by atoms with Crippen LogP contribution in [0.4, 0.5) is 5.95 Å². The standard InChI is InChI=1S/C9H9N3/c1-2-7-12(8-3-1)9-10-5-4-6-11-9/h1-7H,8H2. The van der Waals surface area contributed by atoms with Gasteiger partial charge in [-0.1, -0.05) is 12.2 Å². The monoisotopic (exact) mass is 159 g/mol. The Kier molecular flexibility index (Phi) is 1.86. The second-order valence-electron chi connectivity index (χ2n) is 2.47. The van der Waals surface area contributed by atoms with Gasteiger partial charge in [0.1, 0.15) is 0 Å². The number of anilines is 1. The predicted molar refractivity (Wildman–Crippen MR) is 47.7 cm³/mol. The molecule has 0 aliphatic carbocycles. The first-order valence-corrected chi connectivity index (χ1v) is 3.84. The van der Waals surface area contributed by atoms with E-state index in [0.29, 0.717) is 0 Å². The minimum atomic E-state index is 0.748. The van der Waals surface area contributed by atoms with E-state index in [0.717, 1.165) is 12.5 Å². The predicted octanol–water partition coefficient (Wildman–Crippen LogP) is 1.37. The summed E-state index contributed by atoms with van der Waals surface area (Å²) in [6.07, 6.45) is 11.5. The maximum Gasteiger partial charge on any atom is 0.229 e. The van der Waals surface area contributed by atoms with Gasteiger partial charge in [0.05, 0.1) is 0 Å². The van der Waals surface area contributed by atoms with E-state index in [2.05, 4.69) is 16.0 Å². The molecule has 1 aliphatic heterocycles. The lowest BCUT2D eigenvalue weighted by molar-refractivity contribution is 0.973. The van der Waals surface area contributed by atoms with Crippen molar-refractivity contribution in [2.45, 2.75) is 0 Å². The molecule has 0 unspecified atom stereocenters. The minimum absolute atomic E-state index is 0.748. The van der Waals surface area contributed by atoms with Crippen molar-refractivity contribution in [3.8, 4) is 0 Å². The van der Waals surface area contributed by atoms with Crippen LogP contribution in [0.25, 0.3) is 0 Å². The Labute approximate surface area is 71.1 Å². The molecule has 0 spiro atoms. The van der Waals surface area contributed by atoms with E-state index < -0.39 is 0 Å². The molecule has 0 amide bonds. The van der Waals surface area contributed by atoms with Crippen LogP contribution in [0.3, 0.4) is 0 Å². The molecule has 3 nitrogen and oxygen atoms in total. The molecule has 0 atom stereocenters. The van der Waals surface area contributed by atoms with Crippen molar-refractivity contribution in [2.24, 2.45) is 0 Å². The summed E-state index contributed by atoms with van der Waals surface area (Å²) in [4.78, 5) is 10.3. The summed E-state index contributed by atoms with van der Waals surface area (Å²) in [7, 11) is 0. The molecule has 0 saturated carbocycles. The van der Waals surface area contributed by atoms with Crippen LogP contribution in [0.2, 0.25) is 0 Å². The van der Waals surface area contributed by atoms with E-state index in [1.165, 1.54) is 0 Å². The molecular formula is C9H9N3. The summed E-state index contributed by atoms with van der Waals surface area (Å²) >= 11 is 0. The van der Waals surface area contributed by atoms with Crippen LogP contribution < -0.4 is 4.90 Å². The maximum absolute atomic E-state index is 4.13. The van der Waals surface area contributed by atoms with Crippen LogP contribution in [0, 0.1) is 0 Å². The summed E-state index contributed by atoms with van der Waals surface area (Å²) in [5, 5.41) is 0. The molecule has 0 aromatic carbocycles. The number of hydrogen-bond acceptors (Lipinski definition) is 3. The van der Waals surface area contributed by atoms with Gasteiger partial charge in [-0.25, -0.2) is 9.97 Å². The zero-order chi connectivity index (χ0) is 8.23. The largest absolute Gasteiger partial charge is 0.313 e. The number of allylic oxidation sites excluding steroid dienone is 2. The van der Waals surface area contributed by atoms with E-state index in [1.54, 1.807) is 12.4 Å². The van der Waals surface area contributed by atoms with E-state index in [-0.39, 0.29) is 0 Å².